The van der Waals surface area contributed by atoms with Crippen molar-refractivity contribution in [3.8, 4) is 11.3 Å². The summed E-state index contributed by atoms with van der Waals surface area (Å²) < 4.78 is 8.03. The van der Waals surface area contributed by atoms with E-state index in [2.05, 4.69) is 10.4 Å². The number of hydrogen-bond donors (Lipinski definition) is 3. The number of anilines is 2. The molecule has 0 bridgehead atoms. The summed E-state index contributed by atoms with van der Waals surface area (Å²) in [6, 6.07) is 17.2. The van der Waals surface area contributed by atoms with Gasteiger partial charge in [-0.05, 0) is 55.8 Å². The van der Waals surface area contributed by atoms with Crippen LogP contribution in [0.25, 0.3) is 33.2 Å². The Morgan fingerprint density at radius 1 is 1.11 bits per heavy atom. The number of nitrogens with two attached hydrogens (primary N) is 1. The molecule has 3 aromatic carbocycles. The van der Waals surface area contributed by atoms with E-state index in [9.17, 15) is 14.7 Å². The number of nitrogens with zero attached hydrogens (tertiary/aromatic N) is 2. The maximum Gasteiger partial charge on any atom is 0.337 e. The van der Waals surface area contributed by atoms with Crippen LogP contribution in [0.1, 0.15) is 34.5 Å². The fourth-order valence-electron chi connectivity index (χ4n) is 4.45. The third-order valence-electron chi connectivity index (χ3n) is 6.16. The number of benzene rings is 3. The van der Waals surface area contributed by atoms with Gasteiger partial charge in [-0.3, -0.25) is 9.48 Å². The number of hydrogen-bond acceptors (Lipinski definition) is 6. The quantitative estimate of drug-likeness (QED) is 0.327. The third-order valence-corrected chi connectivity index (χ3v) is 6.16. The van der Waals surface area contributed by atoms with Crippen LogP contribution in [0, 0.1) is 6.92 Å². The molecule has 8 heteroatoms. The first-order chi connectivity index (χ1) is 16.7. The molecule has 176 valence electrons. The van der Waals surface area contributed by atoms with E-state index in [1.807, 2.05) is 45.2 Å². The molecule has 0 aliphatic rings. The fraction of sp³-hybridized carbons (Fsp3) is 0.148. The highest BCUT2D eigenvalue weighted by Gasteiger charge is 2.19. The first kappa shape index (κ1) is 22.2. The standard InChI is InChI=1S/C27H24N4O4/c1-14-10-18(15(2)29-21-7-5-4-6-17(21)27(33)34)25-20(11-14)23(32)13-24(35-25)16-8-9-22-19(12-16)26(28)30-31(22)3/h4-13,15,29H,1-3H3,(H2,28,30)(H,33,34). The molecule has 5 rings (SSSR count). The predicted octanol–water partition coefficient (Wildman–Crippen LogP) is 5.11. The van der Waals surface area contributed by atoms with E-state index < -0.39 is 5.97 Å². The number of fused-ring (bicyclic) bond motifs is 2. The minimum atomic E-state index is -1.02. The molecule has 8 nitrogen and oxygen atoms in total. The topological polar surface area (TPSA) is 123 Å². The van der Waals surface area contributed by atoms with Crippen molar-refractivity contribution in [3.05, 3.63) is 87.6 Å². The molecule has 5 aromatic rings. The number of aromatic carboxylic acids is 1. The number of carboxylic acid groups (broad SMARTS) is 1. The van der Waals surface area contributed by atoms with Crippen molar-refractivity contribution in [1.29, 1.82) is 0 Å². The zero-order valence-corrected chi connectivity index (χ0v) is 19.5. The molecule has 2 heterocycles. The average Bonchev–Trinajstić information content (AvgIpc) is 3.11. The van der Waals surface area contributed by atoms with Gasteiger partial charge >= 0.3 is 5.97 Å². The van der Waals surface area contributed by atoms with Gasteiger partial charge in [0.2, 0.25) is 0 Å². The lowest BCUT2D eigenvalue weighted by molar-refractivity contribution is 0.0698. The second-order valence-corrected chi connectivity index (χ2v) is 8.66. The highest BCUT2D eigenvalue weighted by molar-refractivity contribution is 5.95. The molecule has 0 saturated carbocycles. The van der Waals surface area contributed by atoms with Crippen LogP contribution >= 0.6 is 0 Å². The number of para-hydroxylation sites is 1. The molecule has 2 aromatic heterocycles. The maximum absolute atomic E-state index is 13.1. The molecular formula is C27H24N4O4. The first-order valence-electron chi connectivity index (χ1n) is 11.1. The Morgan fingerprint density at radius 3 is 2.66 bits per heavy atom. The summed E-state index contributed by atoms with van der Waals surface area (Å²) in [7, 11) is 1.82. The highest BCUT2D eigenvalue weighted by Crippen LogP contribution is 2.33. The zero-order chi connectivity index (χ0) is 24.9. The minimum absolute atomic E-state index is 0.163. The van der Waals surface area contributed by atoms with E-state index >= 15 is 0 Å². The summed E-state index contributed by atoms with van der Waals surface area (Å²) in [4.78, 5) is 24.8. The summed E-state index contributed by atoms with van der Waals surface area (Å²) >= 11 is 0. The summed E-state index contributed by atoms with van der Waals surface area (Å²) in [5, 5.41) is 18.3. The van der Waals surface area contributed by atoms with Gasteiger partial charge in [0.15, 0.2) is 11.2 Å². The lowest BCUT2D eigenvalue weighted by Crippen LogP contribution is -2.12. The lowest BCUT2D eigenvalue weighted by Gasteiger charge is -2.19. The summed E-state index contributed by atoms with van der Waals surface area (Å²) in [6.07, 6.45) is 0. The normalized spacial score (nSPS) is 12.2. The number of aryl methyl sites for hydroxylation is 2. The molecule has 0 fully saturated rings. The highest BCUT2D eigenvalue weighted by atomic mass is 16.4. The molecule has 35 heavy (non-hydrogen) atoms. The first-order valence-corrected chi connectivity index (χ1v) is 11.1. The smallest absolute Gasteiger partial charge is 0.337 e. The van der Waals surface area contributed by atoms with Crippen molar-refractivity contribution in [2.45, 2.75) is 19.9 Å². The Hall–Kier alpha value is -4.59. The Labute approximate surface area is 200 Å². The van der Waals surface area contributed by atoms with Gasteiger partial charge in [0.25, 0.3) is 0 Å². The SMILES string of the molecule is Cc1cc(C(C)Nc2ccccc2C(=O)O)c2oc(-c3ccc4c(c3)c(N)nn4C)cc(=O)c2c1. The van der Waals surface area contributed by atoms with Crippen molar-refractivity contribution in [2.24, 2.45) is 7.05 Å². The van der Waals surface area contributed by atoms with Crippen LogP contribution < -0.4 is 16.5 Å². The maximum atomic E-state index is 13.1. The summed E-state index contributed by atoms with van der Waals surface area (Å²) in [5.41, 5.74) is 10.2. The summed E-state index contributed by atoms with van der Waals surface area (Å²) in [5.74, 6) is -0.206. The molecule has 0 radical (unpaired) electrons. The second kappa shape index (κ2) is 8.32. The molecular weight excluding hydrogens is 444 g/mol. The molecule has 0 aliphatic heterocycles. The van der Waals surface area contributed by atoms with Crippen LogP contribution in [-0.4, -0.2) is 20.9 Å². The van der Waals surface area contributed by atoms with Crippen molar-refractivity contribution in [3.63, 3.8) is 0 Å². The molecule has 1 atom stereocenters. The fourth-order valence-corrected chi connectivity index (χ4v) is 4.45. The summed E-state index contributed by atoms with van der Waals surface area (Å²) in [6.45, 7) is 3.81. The Bertz CT molecular complexity index is 1680. The molecule has 0 amide bonds. The van der Waals surface area contributed by atoms with E-state index in [0.29, 0.717) is 33.8 Å². The monoisotopic (exact) mass is 468 g/mol. The van der Waals surface area contributed by atoms with E-state index in [0.717, 1.165) is 22.0 Å². The van der Waals surface area contributed by atoms with Crippen LogP contribution in [0.15, 0.2) is 69.9 Å². The van der Waals surface area contributed by atoms with E-state index in [1.54, 1.807) is 35.0 Å². The van der Waals surface area contributed by atoms with Crippen molar-refractivity contribution >= 4 is 39.3 Å². The predicted molar refractivity (Wildman–Crippen MR) is 137 cm³/mol. The van der Waals surface area contributed by atoms with Crippen LogP contribution in [0.4, 0.5) is 11.5 Å². The van der Waals surface area contributed by atoms with Gasteiger partial charge in [0, 0.05) is 35.3 Å². The van der Waals surface area contributed by atoms with Crippen LogP contribution in [0.2, 0.25) is 0 Å². The van der Waals surface area contributed by atoms with Gasteiger partial charge in [-0.25, -0.2) is 4.79 Å². The average molecular weight is 469 g/mol. The molecule has 4 N–H and O–H groups in total. The Kier molecular flexibility index (Phi) is 5.28. The Morgan fingerprint density at radius 2 is 1.89 bits per heavy atom. The van der Waals surface area contributed by atoms with Crippen LogP contribution in [-0.2, 0) is 7.05 Å². The van der Waals surface area contributed by atoms with Gasteiger partial charge in [-0.2, -0.15) is 5.10 Å². The van der Waals surface area contributed by atoms with Gasteiger partial charge in [0.1, 0.15) is 11.3 Å². The Balaban J connectivity index is 1.65. The van der Waals surface area contributed by atoms with E-state index in [-0.39, 0.29) is 17.0 Å². The van der Waals surface area contributed by atoms with Gasteiger partial charge < -0.3 is 20.6 Å². The van der Waals surface area contributed by atoms with Gasteiger partial charge in [-0.1, -0.05) is 18.2 Å². The van der Waals surface area contributed by atoms with Crippen molar-refractivity contribution in [2.75, 3.05) is 11.1 Å². The number of carbonyl (C=O) groups is 1. The van der Waals surface area contributed by atoms with Crippen molar-refractivity contribution < 1.29 is 14.3 Å². The molecule has 0 saturated heterocycles. The van der Waals surface area contributed by atoms with E-state index in [1.165, 1.54) is 6.07 Å². The molecule has 0 aliphatic carbocycles. The number of rotatable bonds is 5. The number of aromatic nitrogens is 2. The lowest BCUT2D eigenvalue weighted by atomic mass is 10.00. The van der Waals surface area contributed by atoms with Gasteiger partial charge in [0.05, 0.1) is 22.5 Å². The molecule has 0 spiro atoms. The van der Waals surface area contributed by atoms with Crippen LogP contribution in [0.5, 0.6) is 0 Å². The number of nitrogen functional groups attached to an aromatic ring is 1. The molecule has 1 unspecified atom stereocenters. The van der Waals surface area contributed by atoms with Gasteiger partial charge in [-0.15, -0.1) is 0 Å². The minimum Gasteiger partial charge on any atom is -0.478 e. The zero-order valence-electron chi connectivity index (χ0n) is 19.5. The number of carboxylic acids is 1. The van der Waals surface area contributed by atoms with Crippen molar-refractivity contribution in [1.82, 2.24) is 9.78 Å². The second-order valence-electron chi connectivity index (χ2n) is 8.66. The third kappa shape index (κ3) is 3.89. The van der Waals surface area contributed by atoms with E-state index in [4.69, 9.17) is 10.2 Å². The number of nitrogens with one attached hydrogen (secondary N) is 1. The largest absolute Gasteiger partial charge is 0.478 e. The van der Waals surface area contributed by atoms with Crippen LogP contribution in [0.3, 0.4) is 0 Å².